The fraction of sp³-hybridized carbons (Fsp3) is 0.171. The number of rotatable bonds is 13. The molecule has 0 spiro atoms. The zero-order chi connectivity index (χ0) is 33.1. The number of anilines is 2. The molecule has 4 rings (SSSR count). The minimum absolute atomic E-state index is 0.0420. The van der Waals surface area contributed by atoms with Crippen LogP contribution in [0.4, 0.5) is 17.1 Å². The Balaban J connectivity index is 1.50. The molecule has 0 heterocycles. The number of nitro benzene ring substituents is 1. The van der Waals surface area contributed by atoms with Crippen LogP contribution in [-0.2, 0) is 9.59 Å². The SMILES string of the molecule is CCOc1ccc(/C=C(/NC(=O)c2ccccc2)C(=O)Nc2cccc(SC(CC)C(=O)Nc3ccc([N+](=O)[O-])cc3C)c2)cc1. The number of carbonyl (C=O) groups is 3. The number of hydrogen-bond acceptors (Lipinski definition) is 7. The summed E-state index contributed by atoms with van der Waals surface area (Å²) in [6.07, 6.45) is 2.10. The van der Waals surface area contributed by atoms with Crippen LogP contribution >= 0.6 is 11.8 Å². The first-order valence-electron chi connectivity index (χ1n) is 14.6. The lowest BCUT2D eigenvalue weighted by Gasteiger charge is -2.17. The minimum atomic E-state index is -0.529. The second-order valence-electron chi connectivity index (χ2n) is 10.1. The summed E-state index contributed by atoms with van der Waals surface area (Å²) < 4.78 is 5.50. The maximum atomic E-state index is 13.5. The number of ether oxygens (including phenoxy) is 1. The molecule has 0 aliphatic heterocycles. The van der Waals surface area contributed by atoms with E-state index in [2.05, 4.69) is 16.0 Å². The molecule has 0 radical (unpaired) electrons. The summed E-state index contributed by atoms with van der Waals surface area (Å²) in [6, 6.07) is 27.1. The van der Waals surface area contributed by atoms with Crippen LogP contribution in [0.3, 0.4) is 0 Å². The van der Waals surface area contributed by atoms with E-state index in [4.69, 9.17) is 4.74 Å². The predicted molar refractivity (Wildman–Crippen MR) is 181 cm³/mol. The highest BCUT2D eigenvalue weighted by molar-refractivity contribution is 8.00. The van der Waals surface area contributed by atoms with E-state index in [0.717, 1.165) is 4.90 Å². The van der Waals surface area contributed by atoms with E-state index in [1.165, 1.54) is 30.0 Å². The van der Waals surface area contributed by atoms with Crippen molar-refractivity contribution in [2.24, 2.45) is 0 Å². The molecule has 1 unspecified atom stereocenters. The van der Waals surface area contributed by atoms with Crippen LogP contribution in [0.2, 0.25) is 0 Å². The quantitative estimate of drug-likeness (QED) is 0.0608. The fourth-order valence-corrected chi connectivity index (χ4v) is 5.40. The smallest absolute Gasteiger partial charge is 0.272 e. The van der Waals surface area contributed by atoms with Gasteiger partial charge >= 0.3 is 0 Å². The molecule has 0 saturated heterocycles. The van der Waals surface area contributed by atoms with E-state index in [1.807, 2.05) is 19.9 Å². The Kier molecular flexibility index (Phi) is 11.7. The molecule has 0 bridgehead atoms. The Morgan fingerprint density at radius 2 is 1.65 bits per heavy atom. The predicted octanol–water partition coefficient (Wildman–Crippen LogP) is 7.22. The summed E-state index contributed by atoms with van der Waals surface area (Å²) in [5, 5.41) is 19.0. The Morgan fingerprint density at radius 3 is 2.30 bits per heavy atom. The molecular formula is C35H34N4O6S. The molecule has 0 aromatic heterocycles. The van der Waals surface area contributed by atoms with Gasteiger partial charge < -0.3 is 20.7 Å². The second-order valence-corrected chi connectivity index (χ2v) is 11.4. The second kappa shape index (κ2) is 16.1. The van der Waals surface area contributed by atoms with Gasteiger partial charge in [-0.15, -0.1) is 11.8 Å². The summed E-state index contributed by atoms with van der Waals surface area (Å²) in [6.45, 7) is 6.00. The first-order chi connectivity index (χ1) is 22.2. The van der Waals surface area contributed by atoms with Gasteiger partial charge in [-0.2, -0.15) is 0 Å². The molecule has 0 aliphatic rings. The molecule has 3 N–H and O–H groups in total. The number of non-ortho nitro benzene ring substituents is 1. The van der Waals surface area contributed by atoms with Crippen molar-refractivity contribution in [2.45, 2.75) is 37.3 Å². The number of nitro groups is 1. The molecule has 236 valence electrons. The molecule has 11 heteroatoms. The fourth-order valence-electron chi connectivity index (χ4n) is 4.38. The van der Waals surface area contributed by atoms with Crippen LogP contribution in [-0.4, -0.2) is 34.5 Å². The van der Waals surface area contributed by atoms with Gasteiger partial charge in [0.2, 0.25) is 5.91 Å². The molecule has 0 fully saturated rings. The normalized spacial score (nSPS) is 11.7. The van der Waals surface area contributed by atoms with Crippen molar-refractivity contribution < 1.29 is 24.0 Å². The third-order valence-corrected chi connectivity index (χ3v) is 8.10. The number of thioether (sulfide) groups is 1. The number of aryl methyl sites for hydroxylation is 1. The molecule has 10 nitrogen and oxygen atoms in total. The Hall–Kier alpha value is -5.42. The minimum Gasteiger partial charge on any atom is -0.494 e. The van der Waals surface area contributed by atoms with Gasteiger partial charge in [-0.1, -0.05) is 43.3 Å². The van der Waals surface area contributed by atoms with Crippen LogP contribution < -0.4 is 20.7 Å². The van der Waals surface area contributed by atoms with Crippen molar-refractivity contribution in [1.82, 2.24) is 5.32 Å². The lowest BCUT2D eigenvalue weighted by atomic mass is 10.1. The maximum absolute atomic E-state index is 13.5. The molecule has 3 amide bonds. The Labute approximate surface area is 271 Å². The van der Waals surface area contributed by atoms with Crippen LogP contribution in [0, 0.1) is 17.0 Å². The van der Waals surface area contributed by atoms with E-state index in [1.54, 1.807) is 85.8 Å². The van der Waals surface area contributed by atoms with E-state index in [0.29, 0.717) is 46.8 Å². The van der Waals surface area contributed by atoms with Crippen molar-refractivity contribution in [3.8, 4) is 5.75 Å². The molecule has 46 heavy (non-hydrogen) atoms. The first kappa shape index (κ1) is 33.5. The Bertz CT molecular complexity index is 1740. The third kappa shape index (κ3) is 9.29. The number of amides is 3. The van der Waals surface area contributed by atoms with Gasteiger partial charge in [0.1, 0.15) is 11.4 Å². The molecule has 4 aromatic rings. The van der Waals surface area contributed by atoms with E-state index >= 15 is 0 Å². The highest BCUT2D eigenvalue weighted by atomic mass is 32.2. The monoisotopic (exact) mass is 638 g/mol. The number of hydrogen-bond donors (Lipinski definition) is 3. The lowest BCUT2D eigenvalue weighted by Crippen LogP contribution is -2.30. The van der Waals surface area contributed by atoms with Gasteiger partial charge in [0, 0.05) is 34.0 Å². The highest BCUT2D eigenvalue weighted by Crippen LogP contribution is 2.30. The van der Waals surface area contributed by atoms with Crippen molar-refractivity contribution in [3.05, 3.63) is 130 Å². The Morgan fingerprint density at radius 1 is 0.913 bits per heavy atom. The van der Waals surface area contributed by atoms with E-state index in [-0.39, 0.29) is 17.3 Å². The van der Waals surface area contributed by atoms with Crippen molar-refractivity contribution >= 4 is 52.6 Å². The average molecular weight is 639 g/mol. The van der Waals surface area contributed by atoms with Crippen LogP contribution in [0.25, 0.3) is 6.08 Å². The van der Waals surface area contributed by atoms with Gasteiger partial charge in [-0.25, -0.2) is 0 Å². The summed E-state index contributed by atoms with van der Waals surface area (Å²) in [4.78, 5) is 51.0. The van der Waals surface area contributed by atoms with Gasteiger partial charge in [-0.3, -0.25) is 24.5 Å². The molecule has 0 aliphatic carbocycles. The van der Waals surface area contributed by atoms with Crippen LogP contribution in [0.5, 0.6) is 5.75 Å². The molecule has 4 aromatic carbocycles. The van der Waals surface area contributed by atoms with Gasteiger partial charge in [0.05, 0.1) is 16.8 Å². The zero-order valence-electron chi connectivity index (χ0n) is 25.6. The standard InChI is InChI=1S/C35H34N4O6S/c1-4-32(35(42)37-30-19-16-27(39(43)44)20-23(30)3)46-29-13-9-12-26(22-29)36-34(41)31(38-33(40)25-10-7-6-8-11-25)21-24-14-17-28(18-15-24)45-5-2/h6-22,32H,4-5H2,1-3H3,(H,36,41)(H,37,42)(H,38,40)/b31-21+. The lowest BCUT2D eigenvalue weighted by molar-refractivity contribution is -0.384. The van der Waals surface area contributed by atoms with Gasteiger partial charge in [-0.05, 0) is 86.0 Å². The van der Waals surface area contributed by atoms with Gasteiger partial charge in [0.25, 0.3) is 17.5 Å². The highest BCUT2D eigenvalue weighted by Gasteiger charge is 2.21. The van der Waals surface area contributed by atoms with Crippen molar-refractivity contribution in [2.75, 3.05) is 17.2 Å². The van der Waals surface area contributed by atoms with E-state index in [9.17, 15) is 24.5 Å². The average Bonchev–Trinajstić information content (AvgIpc) is 3.05. The van der Waals surface area contributed by atoms with E-state index < -0.39 is 22.0 Å². The summed E-state index contributed by atoms with van der Waals surface area (Å²) >= 11 is 1.33. The molecule has 1 atom stereocenters. The number of carbonyl (C=O) groups excluding carboxylic acids is 3. The van der Waals surface area contributed by atoms with Crippen LogP contribution in [0.1, 0.15) is 41.8 Å². The molecule has 0 saturated carbocycles. The number of nitrogens with zero attached hydrogens (tertiary/aromatic N) is 1. The third-order valence-electron chi connectivity index (χ3n) is 6.74. The molecular weight excluding hydrogens is 604 g/mol. The number of benzene rings is 4. The number of nitrogens with one attached hydrogen (secondary N) is 3. The first-order valence-corrected chi connectivity index (χ1v) is 15.5. The maximum Gasteiger partial charge on any atom is 0.272 e. The van der Waals surface area contributed by atoms with Gasteiger partial charge in [0.15, 0.2) is 0 Å². The largest absolute Gasteiger partial charge is 0.494 e. The van der Waals surface area contributed by atoms with Crippen molar-refractivity contribution in [3.63, 3.8) is 0 Å². The van der Waals surface area contributed by atoms with Crippen molar-refractivity contribution in [1.29, 1.82) is 0 Å². The summed E-state index contributed by atoms with van der Waals surface area (Å²) in [7, 11) is 0. The summed E-state index contributed by atoms with van der Waals surface area (Å²) in [5.41, 5.74) is 2.64. The zero-order valence-corrected chi connectivity index (χ0v) is 26.4. The van der Waals surface area contributed by atoms with Crippen LogP contribution in [0.15, 0.2) is 108 Å². The summed E-state index contributed by atoms with van der Waals surface area (Å²) in [5.74, 6) is -0.519. The topological polar surface area (TPSA) is 140 Å².